The molecule has 1 atom stereocenters. The van der Waals surface area contributed by atoms with Crippen molar-refractivity contribution >= 4 is 23.3 Å². The minimum Gasteiger partial charge on any atom is -0.356 e. The SMILES string of the molecule is CC1CCN(c2nc(C(F)(F)F)ccc2CNC(=O)C(C)c2ccc(Cl)c(F)c2)CC1. The monoisotopic (exact) mass is 457 g/mol. The van der Waals surface area contributed by atoms with Crippen molar-refractivity contribution in [2.24, 2.45) is 5.92 Å². The maximum Gasteiger partial charge on any atom is 0.433 e. The molecule has 3 rings (SSSR count). The van der Waals surface area contributed by atoms with Crippen LogP contribution in [0.3, 0.4) is 0 Å². The number of rotatable bonds is 5. The summed E-state index contributed by atoms with van der Waals surface area (Å²) in [6, 6.07) is 6.43. The topological polar surface area (TPSA) is 45.2 Å². The van der Waals surface area contributed by atoms with Crippen molar-refractivity contribution in [3.63, 3.8) is 0 Å². The second kappa shape index (κ2) is 9.42. The summed E-state index contributed by atoms with van der Waals surface area (Å²) in [5.41, 5.74) is 0.00165. The molecular weight excluding hydrogens is 434 g/mol. The minimum absolute atomic E-state index is 0.0196. The average molecular weight is 458 g/mol. The number of nitrogens with zero attached hydrogens (tertiary/aromatic N) is 2. The maximum absolute atomic E-state index is 13.7. The number of piperidine rings is 1. The van der Waals surface area contributed by atoms with Crippen LogP contribution in [0.4, 0.5) is 23.4 Å². The van der Waals surface area contributed by atoms with Gasteiger partial charge in [-0.3, -0.25) is 4.79 Å². The lowest BCUT2D eigenvalue weighted by Crippen LogP contribution is -2.35. The van der Waals surface area contributed by atoms with Crippen LogP contribution in [0.15, 0.2) is 30.3 Å². The van der Waals surface area contributed by atoms with Crippen LogP contribution in [0.25, 0.3) is 0 Å². The third kappa shape index (κ3) is 5.67. The summed E-state index contributed by atoms with van der Waals surface area (Å²) in [7, 11) is 0. The number of amides is 1. The molecule has 0 saturated carbocycles. The van der Waals surface area contributed by atoms with Crippen LogP contribution in [-0.2, 0) is 17.5 Å². The number of benzene rings is 1. The first-order valence-corrected chi connectivity index (χ1v) is 10.5. The Hall–Kier alpha value is -2.35. The van der Waals surface area contributed by atoms with E-state index < -0.39 is 23.6 Å². The molecule has 0 spiro atoms. The fraction of sp³-hybridized carbons (Fsp3) is 0.455. The highest BCUT2D eigenvalue weighted by Crippen LogP contribution is 2.32. The first-order chi connectivity index (χ1) is 14.6. The molecule has 1 aliphatic rings. The van der Waals surface area contributed by atoms with Gasteiger partial charge in [0.2, 0.25) is 5.91 Å². The second-order valence-electron chi connectivity index (χ2n) is 7.96. The van der Waals surface area contributed by atoms with Crippen molar-refractivity contribution < 1.29 is 22.4 Å². The Kier molecular flexibility index (Phi) is 7.09. The number of nitrogens with one attached hydrogen (secondary N) is 1. The molecule has 1 aromatic carbocycles. The molecule has 1 fully saturated rings. The highest BCUT2D eigenvalue weighted by Gasteiger charge is 2.34. The molecule has 31 heavy (non-hydrogen) atoms. The van der Waals surface area contributed by atoms with Crippen molar-refractivity contribution in [1.29, 1.82) is 0 Å². The van der Waals surface area contributed by atoms with Crippen molar-refractivity contribution in [3.8, 4) is 0 Å². The first kappa shape index (κ1) is 23.3. The minimum atomic E-state index is -4.55. The van der Waals surface area contributed by atoms with Crippen LogP contribution in [0.1, 0.15) is 49.4 Å². The highest BCUT2D eigenvalue weighted by atomic mass is 35.5. The van der Waals surface area contributed by atoms with E-state index in [1.807, 2.05) is 4.90 Å². The van der Waals surface area contributed by atoms with Crippen LogP contribution in [0.2, 0.25) is 5.02 Å². The fourth-order valence-electron chi connectivity index (χ4n) is 3.54. The van der Waals surface area contributed by atoms with Gasteiger partial charge in [0.15, 0.2) is 0 Å². The zero-order valence-electron chi connectivity index (χ0n) is 17.3. The number of alkyl halides is 3. The molecule has 0 aliphatic carbocycles. The van der Waals surface area contributed by atoms with Crippen molar-refractivity contribution in [2.45, 2.75) is 45.3 Å². The highest BCUT2D eigenvalue weighted by molar-refractivity contribution is 6.30. The largest absolute Gasteiger partial charge is 0.433 e. The van der Waals surface area contributed by atoms with Crippen molar-refractivity contribution in [1.82, 2.24) is 10.3 Å². The molecule has 168 valence electrons. The Balaban J connectivity index is 1.78. The number of carbonyl (C=O) groups is 1. The van der Waals surface area contributed by atoms with Gasteiger partial charge >= 0.3 is 6.18 Å². The van der Waals surface area contributed by atoms with E-state index in [2.05, 4.69) is 17.2 Å². The number of pyridine rings is 1. The molecule has 1 N–H and O–H groups in total. The zero-order valence-corrected chi connectivity index (χ0v) is 18.0. The molecule has 4 nitrogen and oxygen atoms in total. The predicted molar refractivity (Wildman–Crippen MR) is 112 cm³/mol. The summed E-state index contributed by atoms with van der Waals surface area (Å²) in [4.78, 5) is 18.3. The predicted octanol–water partition coefficient (Wildman–Crippen LogP) is 5.55. The van der Waals surface area contributed by atoms with Crippen LogP contribution < -0.4 is 10.2 Å². The summed E-state index contributed by atoms with van der Waals surface area (Å²) in [5, 5.41) is 2.70. The Labute approximate surface area is 183 Å². The summed E-state index contributed by atoms with van der Waals surface area (Å²) in [5.74, 6) is -0.904. The molecular formula is C22H24ClF4N3O. The number of anilines is 1. The van der Waals surface area contributed by atoms with Gasteiger partial charge in [-0.1, -0.05) is 30.7 Å². The molecule has 1 saturated heterocycles. The van der Waals surface area contributed by atoms with E-state index in [0.29, 0.717) is 30.1 Å². The maximum atomic E-state index is 13.7. The lowest BCUT2D eigenvalue weighted by atomic mass is 9.98. The number of carbonyl (C=O) groups excluding carboxylic acids is 1. The number of hydrogen-bond donors (Lipinski definition) is 1. The molecule has 1 unspecified atom stereocenters. The van der Waals surface area contributed by atoms with Crippen LogP contribution in [0, 0.1) is 11.7 Å². The van der Waals surface area contributed by atoms with Gasteiger partial charge in [-0.05, 0) is 49.4 Å². The summed E-state index contributed by atoms with van der Waals surface area (Å²) >= 11 is 5.68. The number of hydrogen-bond acceptors (Lipinski definition) is 3. The van der Waals surface area contributed by atoms with Crippen LogP contribution >= 0.6 is 11.6 Å². The van der Waals surface area contributed by atoms with Gasteiger partial charge in [-0.15, -0.1) is 0 Å². The molecule has 0 radical (unpaired) electrons. The van der Waals surface area contributed by atoms with Gasteiger partial charge in [0.1, 0.15) is 17.3 Å². The quantitative estimate of drug-likeness (QED) is 0.599. The Morgan fingerprint density at radius 1 is 1.26 bits per heavy atom. The van der Waals surface area contributed by atoms with Gasteiger partial charge in [-0.2, -0.15) is 13.2 Å². The molecule has 1 aromatic heterocycles. The van der Waals surface area contributed by atoms with Crippen LogP contribution in [0.5, 0.6) is 0 Å². The molecule has 1 amide bonds. The van der Waals surface area contributed by atoms with Crippen molar-refractivity contribution in [3.05, 3.63) is 58.0 Å². The van der Waals surface area contributed by atoms with E-state index in [-0.39, 0.29) is 23.3 Å². The Morgan fingerprint density at radius 2 is 1.94 bits per heavy atom. The molecule has 0 bridgehead atoms. The van der Waals surface area contributed by atoms with E-state index in [4.69, 9.17) is 11.6 Å². The van der Waals surface area contributed by atoms with E-state index >= 15 is 0 Å². The van der Waals surface area contributed by atoms with Gasteiger partial charge in [0, 0.05) is 25.2 Å². The average Bonchev–Trinajstić information content (AvgIpc) is 2.73. The molecule has 1 aliphatic heterocycles. The lowest BCUT2D eigenvalue weighted by Gasteiger charge is -2.33. The molecule has 2 heterocycles. The third-order valence-electron chi connectivity index (χ3n) is 5.62. The van der Waals surface area contributed by atoms with Gasteiger partial charge in [0.05, 0.1) is 10.9 Å². The van der Waals surface area contributed by atoms with Gasteiger partial charge in [-0.25, -0.2) is 9.37 Å². The summed E-state index contributed by atoms with van der Waals surface area (Å²) < 4.78 is 53.3. The number of aromatic nitrogens is 1. The lowest BCUT2D eigenvalue weighted by molar-refractivity contribution is -0.141. The molecule has 2 aromatic rings. The first-order valence-electron chi connectivity index (χ1n) is 10.1. The van der Waals surface area contributed by atoms with Gasteiger partial charge < -0.3 is 10.2 Å². The standard InChI is InChI=1S/C22H24ClF4N3O/c1-13-7-9-30(10-8-13)20-16(4-6-19(29-20)22(25,26)27)12-28-21(31)14(2)15-3-5-17(23)18(24)11-15/h3-6,11,13-14H,7-10,12H2,1-2H3,(H,28,31). The normalized spacial score (nSPS) is 16.3. The number of halogens is 5. The molecule has 9 heteroatoms. The van der Waals surface area contributed by atoms with E-state index in [1.54, 1.807) is 13.0 Å². The van der Waals surface area contributed by atoms with E-state index in [0.717, 1.165) is 18.9 Å². The Morgan fingerprint density at radius 3 is 2.55 bits per heavy atom. The second-order valence-corrected chi connectivity index (χ2v) is 8.37. The van der Waals surface area contributed by atoms with E-state index in [1.165, 1.54) is 18.2 Å². The van der Waals surface area contributed by atoms with Crippen LogP contribution in [-0.4, -0.2) is 24.0 Å². The fourth-order valence-corrected chi connectivity index (χ4v) is 3.65. The van der Waals surface area contributed by atoms with Gasteiger partial charge in [0.25, 0.3) is 0 Å². The third-order valence-corrected chi connectivity index (χ3v) is 5.93. The Bertz CT molecular complexity index is 943. The smallest absolute Gasteiger partial charge is 0.356 e. The summed E-state index contributed by atoms with van der Waals surface area (Å²) in [6.45, 7) is 4.97. The zero-order chi connectivity index (χ0) is 22.8. The van der Waals surface area contributed by atoms with E-state index in [9.17, 15) is 22.4 Å². The van der Waals surface area contributed by atoms with Crippen molar-refractivity contribution in [2.75, 3.05) is 18.0 Å². The summed E-state index contributed by atoms with van der Waals surface area (Å²) in [6.07, 6.45) is -2.82.